The fourth-order valence-corrected chi connectivity index (χ4v) is 7.99. The van der Waals surface area contributed by atoms with Gasteiger partial charge in [-0.25, -0.2) is 9.78 Å². The molecule has 1 aromatic carbocycles. The second kappa shape index (κ2) is 14.4. The predicted molar refractivity (Wildman–Crippen MR) is 182 cm³/mol. The Morgan fingerprint density at radius 2 is 1.92 bits per heavy atom. The number of rotatable bonds is 11. The van der Waals surface area contributed by atoms with Gasteiger partial charge in [0.2, 0.25) is 11.8 Å². The zero-order chi connectivity index (χ0) is 35.5. The van der Waals surface area contributed by atoms with E-state index in [-0.39, 0.29) is 40.7 Å². The lowest BCUT2D eigenvalue weighted by Crippen LogP contribution is -2.71. The first-order chi connectivity index (χ1) is 24.1. The molecule has 2 saturated heterocycles. The minimum absolute atomic E-state index is 0.00474. The third-order valence-electron chi connectivity index (χ3n) is 8.34. The summed E-state index contributed by atoms with van der Waals surface area (Å²) in [5.41, 5.74) is 6.78. The largest absolute Gasteiger partial charge is 0.497 e. The number of β-lactam (4-membered cyclic amide) rings is 1. The van der Waals surface area contributed by atoms with E-state index >= 15 is 0 Å². The van der Waals surface area contributed by atoms with Crippen molar-refractivity contribution in [3.05, 3.63) is 87.8 Å². The van der Waals surface area contributed by atoms with Gasteiger partial charge >= 0.3 is 5.97 Å². The summed E-state index contributed by atoms with van der Waals surface area (Å²) >= 11 is 2.21. The molecule has 7 N–H and O–H groups in total. The number of amides is 4. The van der Waals surface area contributed by atoms with Crippen LogP contribution in [0.3, 0.4) is 0 Å². The van der Waals surface area contributed by atoms with Crippen molar-refractivity contribution in [2.45, 2.75) is 30.2 Å². The second-order valence-electron chi connectivity index (χ2n) is 11.2. The smallest absolute Gasteiger partial charge is 0.352 e. The molecule has 3 aliphatic heterocycles. The summed E-state index contributed by atoms with van der Waals surface area (Å²) in [6, 6.07) is 8.96. The summed E-state index contributed by atoms with van der Waals surface area (Å²) in [6.07, 6.45) is 3.16. The SMILES string of the molecule is COc1ccc(NC(=O)CC(C(=C2CCNC2=O)C2=C(C(=O)O)N3C(=O)[C@@H](NC(=O)C(=NO)c4csc(N)n4)[C@H]3SC2)c2ccncc2)cc1. The van der Waals surface area contributed by atoms with Crippen LogP contribution in [-0.2, 0) is 24.0 Å². The Hall–Kier alpha value is -5.75. The first-order valence-electron chi connectivity index (χ1n) is 15.1. The molecule has 2 aromatic heterocycles. The van der Waals surface area contributed by atoms with Gasteiger partial charge in [-0.15, -0.1) is 23.1 Å². The van der Waals surface area contributed by atoms with E-state index < -0.39 is 52.6 Å². The quantitative estimate of drug-likeness (QED) is 0.0546. The van der Waals surface area contributed by atoms with Gasteiger partial charge in [0.15, 0.2) is 10.8 Å². The van der Waals surface area contributed by atoms with Crippen LogP contribution in [0.15, 0.2) is 81.7 Å². The number of carboxylic acid groups (broad SMARTS) is 1. The van der Waals surface area contributed by atoms with Crippen LogP contribution in [0.1, 0.15) is 30.0 Å². The van der Waals surface area contributed by atoms with Crippen molar-refractivity contribution >= 4 is 69.2 Å². The van der Waals surface area contributed by atoms with Gasteiger partial charge in [0.1, 0.15) is 28.6 Å². The van der Waals surface area contributed by atoms with E-state index in [0.29, 0.717) is 34.7 Å². The highest BCUT2D eigenvalue weighted by atomic mass is 32.2. The predicted octanol–water partition coefficient (Wildman–Crippen LogP) is 1.67. The van der Waals surface area contributed by atoms with Crippen LogP contribution in [0.5, 0.6) is 5.75 Å². The molecular weight excluding hydrogens is 689 g/mol. The Balaban J connectivity index is 1.36. The molecule has 0 radical (unpaired) electrons. The van der Waals surface area contributed by atoms with Crippen LogP contribution in [0.2, 0.25) is 0 Å². The number of nitrogen functional groups attached to an aromatic ring is 1. The number of nitrogens with two attached hydrogens (primary N) is 1. The van der Waals surface area contributed by atoms with Gasteiger partial charge in [0.05, 0.1) is 7.11 Å². The maximum Gasteiger partial charge on any atom is 0.352 e. The van der Waals surface area contributed by atoms with Crippen LogP contribution < -0.4 is 26.4 Å². The number of thioether (sulfide) groups is 1. The van der Waals surface area contributed by atoms with Crippen molar-refractivity contribution in [2.75, 3.05) is 30.5 Å². The molecule has 258 valence electrons. The number of pyridine rings is 1. The number of benzene rings is 1. The number of hydrogen-bond donors (Lipinski definition) is 6. The number of oxime groups is 1. The molecule has 0 spiro atoms. The van der Waals surface area contributed by atoms with Gasteiger partial charge < -0.3 is 36.7 Å². The fourth-order valence-electron chi connectivity index (χ4n) is 6.08. The average molecular weight is 719 g/mol. The molecule has 2 fully saturated rings. The van der Waals surface area contributed by atoms with E-state index in [9.17, 15) is 34.3 Å². The second-order valence-corrected chi connectivity index (χ2v) is 13.2. The minimum Gasteiger partial charge on any atom is -0.497 e. The summed E-state index contributed by atoms with van der Waals surface area (Å²) in [6.45, 7) is 0.306. The van der Waals surface area contributed by atoms with Crippen LogP contribution >= 0.6 is 23.1 Å². The summed E-state index contributed by atoms with van der Waals surface area (Å²) in [7, 11) is 1.53. The number of anilines is 2. The van der Waals surface area contributed by atoms with Crippen LogP contribution in [0.4, 0.5) is 10.8 Å². The third-order valence-corrected chi connectivity index (χ3v) is 10.3. The molecule has 3 atom stereocenters. The highest BCUT2D eigenvalue weighted by molar-refractivity contribution is 8.00. The minimum atomic E-state index is -1.42. The molecule has 0 bridgehead atoms. The first-order valence-corrected chi connectivity index (χ1v) is 17.0. The molecule has 16 nitrogen and oxygen atoms in total. The standard InChI is InChI=1S/C32H30N8O8S2/c1-48-17-4-2-16(3-5-17)36-22(41)12-19(15-6-9-34-10-7-15)23(18-8-11-35-27(18)42)20-13-49-30-25(29(44)40(30)26(20)31(45)46)38-28(43)24(39-47)21-14-50-32(33)37-21/h2-7,9-10,14,19,25,30,47H,8,11-13H2,1H3,(H2,33,37)(H,35,42)(H,36,41)(H,38,43)(H,45,46)/t19?,25-,30-/m1/s1. The van der Waals surface area contributed by atoms with E-state index in [4.69, 9.17) is 10.5 Å². The number of aliphatic carboxylic acids is 1. The molecule has 18 heteroatoms. The van der Waals surface area contributed by atoms with E-state index in [0.717, 1.165) is 16.2 Å². The molecule has 5 heterocycles. The highest BCUT2D eigenvalue weighted by Crippen LogP contribution is 2.47. The summed E-state index contributed by atoms with van der Waals surface area (Å²) in [4.78, 5) is 75.6. The Morgan fingerprint density at radius 1 is 1.18 bits per heavy atom. The fraction of sp³-hybridized carbons (Fsp3) is 0.250. The van der Waals surface area contributed by atoms with Gasteiger partial charge in [0.25, 0.3) is 11.8 Å². The van der Waals surface area contributed by atoms with Crippen LogP contribution in [0, 0.1) is 0 Å². The van der Waals surface area contributed by atoms with Crippen molar-refractivity contribution in [1.82, 2.24) is 25.5 Å². The number of hydrogen-bond acceptors (Lipinski definition) is 13. The first kappa shape index (κ1) is 34.1. The van der Waals surface area contributed by atoms with Gasteiger partial charge in [-0.3, -0.25) is 29.1 Å². The van der Waals surface area contributed by atoms with E-state index in [1.54, 1.807) is 36.4 Å². The van der Waals surface area contributed by atoms with Crippen molar-refractivity contribution in [1.29, 1.82) is 0 Å². The van der Waals surface area contributed by atoms with Gasteiger partial charge in [-0.2, -0.15) is 0 Å². The Kier molecular flexibility index (Phi) is 9.82. The van der Waals surface area contributed by atoms with Crippen molar-refractivity contribution in [2.24, 2.45) is 5.16 Å². The number of fused-ring (bicyclic) bond motifs is 1. The summed E-state index contributed by atoms with van der Waals surface area (Å²) in [5, 5.41) is 32.0. The molecule has 4 amide bonds. The van der Waals surface area contributed by atoms with E-state index in [1.165, 1.54) is 36.6 Å². The number of carbonyl (C=O) groups excluding carboxylic acids is 4. The average Bonchev–Trinajstić information content (AvgIpc) is 3.74. The normalized spacial score (nSPS) is 20.3. The van der Waals surface area contributed by atoms with Crippen molar-refractivity contribution in [3.63, 3.8) is 0 Å². The number of ether oxygens (including phenoxy) is 1. The highest BCUT2D eigenvalue weighted by Gasteiger charge is 2.55. The lowest BCUT2D eigenvalue weighted by atomic mass is 9.80. The summed E-state index contributed by atoms with van der Waals surface area (Å²) in [5.74, 6) is -4.04. The molecule has 6 rings (SSSR count). The maximum absolute atomic E-state index is 13.6. The molecule has 50 heavy (non-hydrogen) atoms. The Bertz CT molecular complexity index is 1960. The number of nitrogens with one attached hydrogen (secondary N) is 3. The topological polar surface area (TPSA) is 239 Å². The lowest BCUT2D eigenvalue weighted by Gasteiger charge is -2.50. The van der Waals surface area contributed by atoms with Gasteiger partial charge in [0, 0.05) is 53.7 Å². The van der Waals surface area contributed by atoms with Crippen LogP contribution in [0.25, 0.3) is 0 Å². The molecule has 0 saturated carbocycles. The zero-order valence-electron chi connectivity index (χ0n) is 26.3. The number of carboxylic acids is 1. The molecule has 1 unspecified atom stereocenters. The van der Waals surface area contributed by atoms with Crippen molar-refractivity contribution < 1.29 is 39.0 Å². The van der Waals surface area contributed by atoms with Crippen molar-refractivity contribution in [3.8, 4) is 5.75 Å². The number of methoxy groups -OCH3 is 1. The van der Waals surface area contributed by atoms with E-state index in [2.05, 4.69) is 31.1 Å². The zero-order valence-corrected chi connectivity index (χ0v) is 27.9. The molecule has 0 aliphatic carbocycles. The number of thiazole rings is 1. The maximum atomic E-state index is 13.6. The summed E-state index contributed by atoms with van der Waals surface area (Å²) < 4.78 is 5.19. The molecule has 3 aliphatic rings. The number of aromatic nitrogens is 2. The monoisotopic (exact) mass is 718 g/mol. The third kappa shape index (κ3) is 6.61. The van der Waals surface area contributed by atoms with Crippen LogP contribution in [-0.4, -0.2) is 91.3 Å². The molecular formula is C32H30N8O8S2. The number of allylic oxidation sites excluding steroid dienone is 1. The lowest BCUT2D eigenvalue weighted by molar-refractivity contribution is -0.150. The van der Waals surface area contributed by atoms with E-state index in [1.807, 2.05) is 0 Å². The Morgan fingerprint density at radius 3 is 2.52 bits per heavy atom. The number of carbonyl (C=O) groups is 5. The number of nitrogens with zero attached hydrogens (tertiary/aromatic N) is 4. The van der Waals surface area contributed by atoms with Gasteiger partial charge in [-0.05, 0) is 59.5 Å². The molecule has 3 aromatic rings. The van der Waals surface area contributed by atoms with Gasteiger partial charge in [-0.1, -0.05) is 5.16 Å². The Labute approximate surface area is 292 Å².